The van der Waals surface area contributed by atoms with Gasteiger partial charge in [-0.3, -0.25) is 0 Å². The van der Waals surface area contributed by atoms with Gasteiger partial charge < -0.3 is 9.32 Å². The first kappa shape index (κ1) is 26.8. The largest absolute Gasteiger partial charge is 0.455 e. The first-order chi connectivity index (χ1) is 23.8. The number of hydrogen-bond donors (Lipinski definition) is 0. The monoisotopic (exact) mass is 611 g/mol. The highest BCUT2D eigenvalue weighted by Gasteiger charge is 2.19. The third-order valence-corrected chi connectivity index (χ3v) is 9.80. The van der Waals surface area contributed by atoms with Gasteiger partial charge in [0.1, 0.15) is 11.2 Å². The van der Waals surface area contributed by atoms with Gasteiger partial charge in [0.05, 0.1) is 5.69 Å². The van der Waals surface area contributed by atoms with E-state index >= 15 is 0 Å². The van der Waals surface area contributed by atoms with Crippen LogP contribution in [0.5, 0.6) is 0 Å². The molecule has 0 amide bonds. The second kappa shape index (κ2) is 10.6. The summed E-state index contributed by atoms with van der Waals surface area (Å²) in [5.41, 5.74) is 7.63. The van der Waals surface area contributed by atoms with E-state index in [1.165, 1.54) is 48.8 Å². The second-order valence-corrected chi connectivity index (χ2v) is 12.5. The highest BCUT2D eigenvalue weighted by atomic mass is 16.3. The van der Waals surface area contributed by atoms with E-state index in [1.54, 1.807) is 0 Å². The van der Waals surface area contributed by atoms with Crippen LogP contribution in [0.3, 0.4) is 0 Å². The highest BCUT2D eigenvalue weighted by molar-refractivity contribution is 6.23. The summed E-state index contributed by atoms with van der Waals surface area (Å²) in [6, 6.07) is 63.4. The number of fused-ring (bicyclic) bond motifs is 10. The van der Waals surface area contributed by atoms with Crippen LogP contribution in [0.15, 0.2) is 180 Å². The lowest BCUT2D eigenvalue weighted by Gasteiger charge is -2.28. The fraction of sp³-hybridized carbons (Fsp3) is 0. The lowest BCUT2D eigenvalue weighted by atomic mass is 9.97. The minimum absolute atomic E-state index is 0.918. The van der Waals surface area contributed by atoms with E-state index in [0.29, 0.717) is 0 Å². The molecule has 0 aliphatic heterocycles. The summed E-state index contributed by atoms with van der Waals surface area (Å²) in [6.45, 7) is 0. The van der Waals surface area contributed by atoms with Crippen molar-refractivity contribution in [1.82, 2.24) is 0 Å². The summed E-state index contributed by atoms with van der Waals surface area (Å²) in [7, 11) is 0. The van der Waals surface area contributed by atoms with Gasteiger partial charge in [-0.2, -0.15) is 0 Å². The van der Waals surface area contributed by atoms with E-state index < -0.39 is 0 Å². The third kappa shape index (κ3) is 4.13. The molecule has 0 bridgehead atoms. The zero-order chi connectivity index (χ0) is 31.6. The fourth-order valence-corrected chi connectivity index (χ4v) is 7.54. The summed E-state index contributed by atoms with van der Waals surface area (Å²) >= 11 is 0. The maximum Gasteiger partial charge on any atom is 0.143 e. The number of para-hydroxylation sites is 1. The van der Waals surface area contributed by atoms with Crippen molar-refractivity contribution >= 4 is 82.1 Å². The van der Waals surface area contributed by atoms with Crippen molar-refractivity contribution in [3.63, 3.8) is 0 Å². The van der Waals surface area contributed by atoms with Crippen LogP contribution in [0.1, 0.15) is 0 Å². The lowest BCUT2D eigenvalue weighted by molar-refractivity contribution is 0.673. The first-order valence-electron chi connectivity index (χ1n) is 16.4. The van der Waals surface area contributed by atoms with Crippen molar-refractivity contribution in [3.8, 4) is 11.1 Å². The maximum atomic E-state index is 6.52. The van der Waals surface area contributed by atoms with Gasteiger partial charge in [0.25, 0.3) is 0 Å². The molecule has 0 unspecified atom stereocenters. The van der Waals surface area contributed by atoms with Crippen molar-refractivity contribution in [1.29, 1.82) is 0 Å². The quantitative estimate of drug-likeness (QED) is 0.184. The Balaban J connectivity index is 1.22. The van der Waals surface area contributed by atoms with Crippen LogP contribution < -0.4 is 4.90 Å². The molecule has 10 aromatic rings. The molecule has 0 aliphatic carbocycles. The zero-order valence-electron chi connectivity index (χ0n) is 26.1. The van der Waals surface area contributed by atoms with Gasteiger partial charge in [-0.1, -0.05) is 133 Å². The van der Waals surface area contributed by atoms with Gasteiger partial charge in [-0.15, -0.1) is 0 Å². The van der Waals surface area contributed by atoms with Crippen LogP contribution in [0, 0.1) is 0 Å². The molecule has 0 aliphatic rings. The third-order valence-electron chi connectivity index (χ3n) is 9.80. The van der Waals surface area contributed by atoms with Crippen LogP contribution in [0.2, 0.25) is 0 Å². The molecule has 0 N–H and O–H groups in total. The molecule has 1 heterocycles. The molecule has 1 aromatic heterocycles. The average molecular weight is 612 g/mol. The summed E-state index contributed by atoms with van der Waals surface area (Å²) < 4.78 is 6.52. The van der Waals surface area contributed by atoms with Crippen LogP contribution in [0.4, 0.5) is 17.1 Å². The molecule has 0 saturated carbocycles. The zero-order valence-corrected chi connectivity index (χ0v) is 26.1. The van der Waals surface area contributed by atoms with E-state index in [2.05, 4.69) is 175 Å². The predicted molar refractivity (Wildman–Crippen MR) is 204 cm³/mol. The Morgan fingerprint density at radius 2 is 0.958 bits per heavy atom. The second-order valence-electron chi connectivity index (χ2n) is 12.5. The number of nitrogens with zero attached hydrogens (tertiary/aromatic N) is 1. The molecule has 48 heavy (non-hydrogen) atoms. The number of anilines is 3. The molecule has 9 aromatic carbocycles. The topological polar surface area (TPSA) is 16.4 Å². The lowest BCUT2D eigenvalue weighted by Crippen LogP contribution is -2.10. The highest BCUT2D eigenvalue weighted by Crippen LogP contribution is 2.44. The van der Waals surface area contributed by atoms with Gasteiger partial charge in [0.2, 0.25) is 0 Å². The summed E-state index contributed by atoms with van der Waals surface area (Å²) in [4.78, 5) is 2.41. The number of hydrogen-bond acceptors (Lipinski definition) is 2. The van der Waals surface area contributed by atoms with Gasteiger partial charge in [-0.05, 0) is 85.9 Å². The minimum Gasteiger partial charge on any atom is -0.455 e. The normalized spacial score (nSPS) is 11.8. The van der Waals surface area contributed by atoms with E-state index in [4.69, 9.17) is 4.42 Å². The van der Waals surface area contributed by atoms with Crippen molar-refractivity contribution in [2.45, 2.75) is 0 Å². The maximum absolute atomic E-state index is 6.52. The first-order valence-corrected chi connectivity index (χ1v) is 16.4. The van der Waals surface area contributed by atoms with Gasteiger partial charge in [-0.25, -0.2) is 0 Å². The Morgan fingerprint density at radius 1 is 0.354 bits per heavy atom. The van der Waals surface area contributed by atoms with Crippen LogP contribution in [-0.2, 0) is 0 Å². The Morgan fingerprint density at radius 3 is 1.81 bits per heavy atom. The Bertz CT molecular complexity index is 2830. The molecule has 10 rings (SSSR count). The standard InChI is InChI=1S/C46H29NO/c1-2-10-30(11-3-1)31-20-23-35(24-21-31)47(43-29-33-12-4-5-13-37(33)39-14-6-7-15-40(39)43)36-25-27-38-34(28-36)19-18-32-22-26-42-41-16-8-9-17-44(41)48-46(42)45(32)38/h1-29H. The molecule has 224 valence electrons. The molecular weight excluding hydrogens is 583 g/mol. The number of furan rings is 1. The molecule has 2 heteroatoms. The Hall–Kier alpha value is -6.38. The molecular formula is C46H29NO. The summed E-state index contributed by atoms with van der Waals surface area (Å²) in [5.74, 6) is 0. The van der Waals surface area contributed by atoms with E-state index in [1.807, 2.05) is 6.07 Å². The Labute approximate surface area is 277 Å². The summed E-state index contributed by atoms with van der Waals surface area (Å²) in [6.07, 6.45) is 0. The number of benzene rings is 9. The van der Waals surface area contributed by atoms with Crippen LogP contribution in [0.25, 0.3) is 76.2 Å². The smallest absolute Gasteiger partial charge is 0.143 e. The van der Waals surface area contributed by atoms with Gasteiger partial charge >= 0.3 is 0 Å². The molecule has 0 spiro atoms. The van der Waals surface area contributed by atoms with Crippen LogP contribution >= 0.6 is 0 Å². The molecule has 0 atom stereocenters. The van der Waals surface area contributed by atoms with Crippen molar-refractivity contribution in [2.24, 2.45) is 0 Å². The van der Waals surface area contributed by atoms with E-state index in [-0.39, 0.29) is 0 Å². The average Bonchev–Trinajstić information content (AvgIpc) is 3.54. The minimum atomic E-state index is 0.918. The van der Waals surface area contributed by atoms with Gasteiger partial charge in [0, 0.05) is 32.9 Å². The Kier molecular flexibility index (Phi) is 5.91. The summed E-state index contributed by atoms with van der Waals surface area (Å²) in [5, 5.41) is 11.9. The van der Waals surface area contributed by atoms with E-state index in [9.17, 15) is 0 Å². The van der Waals surface area contributed by atoms with Crippen molar-refractivity contribution in [2.75, 3.05) is 4.90 Å². The van der Waals surface area contributed by atoms with Crippen LogP contribution in [-0.4, -0.2) is 0 Å². The van der Waals surface area contributed by atoms with Crippen molar-refractivity contribution in [3.05, 3.63) is 176 Å². The SMILES string of the molecule is c1ccc(-c2ccc(N(c3ccc4c(ccc5ccc6c7ccccc7oc6c54)c3)c3cc4ccccc4c4ccccc34)cc2)cc1. The molecule has 0 fully saturated rings. The molecule has 0 radical (unpaired) electrons. The van der Waals surface area contributed by atoms with Gasteiger partial charge in [0.15, 0.2) is 0 Å². The predicted octanol–water partition coefficient (Wildman–Crippen LogP) is 13.3. The van der Waals surface area contributed by atoms with Crippen molar-refractivity contribution < 1.29 is 4.42 Å². The number of rotatable bonds is 4. The molecule has 0 saturated heterocycles. The fourth-order valence-electron chi connectivity index (χ4n) is 7.54. The van der Waals surface area contributed by atoms with E-state index in [0.717, 1.165) is 44.4 Å². The molecule has 2 nitrogen and oxygen atoms in total.